The fourth-order valence-electron chi connectivity index (χ4n) is 2.34. The molecule has 0 aliphatic carbocycles. The van der Waals surface area contributed by atoms with Crippen LogP contribution in [0, 0.1) is 0 Å². The molecule has 26 heteroatoms. The summed E-state index contributed by atoms with van der Waals surface area (Å²) in [5.74, 6) is -2.95. The van der Waals surface area contributed by atoms with E-state index in [9.17, 15) is 68.3 Å². The summed E-state index contributed by atoms with van der Waals surface area (Å²) in [6.07, 6.45) is -12.8. The van der Waals surface area contributed by atoms with E-state index in [1.54, 1.807) is 39.9 Å². The Morgan fingerprint density at radius 1 is 0.811 bits per heavy atom. The minimum atomic E-state index is -4.66. The van der Waals surface area contributed by atoms with E-state index in [0.29, 0.717) is 18.0 Å². The molecule has 0 unspecified atom stereocenters. The number of rotatable bonds is 9. The fourth-order valence-corrected chi connectivity index (χ4v) is 2.34. The van der Waals surface area contributed by atoms with Crippen molar-refractivity contribution in [2.24, 2.45) is 10.7 Å². The number of nitrogens with two attached hydrogens (primary N) is 1. The van der Waals surface area contributed by atoms with Crippen LogP contribution in [0.25, 0.3) is 0 Å². The summed E-state index contributed by atoms with van der Waals surface area (Å²) in [7, 11) is 0. The quantitative estimate of drug-likeness (QED) is 0.0662. The summed E-state index contributed by atoms with van der Waals surface area (Å²) in [6.45, 7) is 6.98. The second-order valence-corrected chi connectivity index (χ2v) is 8.48. The molecule has 0 atom stereocenters. The van der Waals surface area contributed by atoms with E-state index in [4.69, 9.17) is 9.90 Å². The number of isocyanates is 1. The first-order chi connectivity index (χ1) is 23.8. The van der Waals surface area contributed by atoms with Crippen LogP contribution in [0.4, 0.5) is 49.1 Å². The van der Waals surface area contributed by atoms with Crippen molar-refractivity contribution in [3.63, 3.8) is 0 Å². The molecular weight excluding hydrogens is 762 g/mol. The van der Waals surface area contributed by atoms with Crippen molar-refractivity contribution in [1.82, 2.24) is 20.4 Å². The number of hydrogen-bond donors (Lipinski definition) is 3. The smallest absolute Gasteiger partial charge is 0.855 e. The number of ether oxygens (including phenoxy) is 2. The minimum Gasteiger partial charge on any atom is -0.855 e. The summed E-state index contributed by atoms with van der Waals surface area (Å²) in [6, 6.07) is -2.01. The summed E-state index contributed by atoms with van der Waals surface area (Å²) >= 11 is 0. The summed E-state index contributed by atoms with van der Waals surface area (Å²) in [4.78, 5) is 78.1. The topological polar surface area (TPSA) is 230 Å². The molecule has 0 aromatic carbocycles. The van der Waals surface area contributed by atoms with Crippen LogP contribution in [-0.4, -0.2) is 129 Å². The van der Waals surface area contributed by atoms with Gasteiger partial charge < -0.3 is 30.9 Å². The maximum absolute atomic E-state index is 12.1. The van der Waals surface area contributed by atoms with Gasteiger partial charge >= 0.3 is 72.1 Å². The van der Waals surface area contributed by atoms with Gasteiger partial charge in [0.25, 0.3) is 0 Å². The fraction of sp³-hybridized carbons (Fsp3) is 0.741. The Labute approximate surface area is 321 Å². The molecule has 0 bridgehead atoms. The standard InChI is InChI=1S/C8H9F3N2O3.C7H12O4.C5H9F3N2O.C3H5NO.C2H4F3N.C2H5O.Na/c1-2-12-5(14)3-6(15)13(7(12)16)4-8(9,10)11;1-3-10-6(8)5-7(9)11-4-2;1-2-9-4(11)10-3-5(6,7)8;1-2-4-3-5;3-2(4,5)1-6;1-2-3;/h2-4H2,1H3;3-5H2,1-2H3;2-3H2,1H3,(H2,9,10,11);2H2,1H3;1,6H2;2H2,1H3;/q;;;;;-1;+1. The van der Waals surface area contributed by atoms with Gasteiger partial charge in [-0.15, -0.1) is 6.61 Å². The van der Waals surface area contributed by atoms with Gasteiger partial charge in [-0.3, -0.25) is 29.0 Å². The first-order valence-electron chi connectivity index (χ1n) is 14.8. The van der Waals surface area contributed by atoms with Gasteiger partial charge in [0.1, 0.15) is 25.9 Å². The van der Waals surface area contributed by atoms with Crippen molar-refractivity contribution in [1.29, 1.82) is 0 Å². The predicted molar refractivity (Wildman–Crippen MR) is 160 cm³/mol. The van der Waals surface area contributed by atoms with Crippen molar-refractivity contribution in [2.75, 3.05) is 59.1 Å². The zero-order valence-electron chi connectivity index (χ0n) is 30.2. The number of halogens is 9. The number of nitrogens with zero attached hydrogens (tertiary/aromatic N) is 3. The number of urea groups is 2. The molecule has 0 aromatic rings. The maximum atomic E-state index is 12.1. The maximum Gasteiger partial charge on any atom is 1.00 e. The molecule has 0 saturated carbocycles. The Hall–Kier alpha value is -3.51. The molecule has 0 radical (unpaired) electrons. The number of carbonyl (C=O) groups is 6. The average molecular weight is 807 g/mol. The van der Waals surface area contributed by atoms with E-state index >= 15 is 0 Å². The van der Waals surface area contributed by atoms with Gasteiger partial charge in [-0.25, -0.2) is 19.4 Å². The van der Waals surface area contributed by atoms with Crippen molar-refractivity contribution in [3.8, 4) is 0 Å². The Balaban J connectivity index is -0.000000134. The van der Waals surface area contributed by atoms with Crippen molar-refractivity contribution in [3.05, 3.63) is 0 Å². The zero-order valence-corrected chi connectivity index (χ0v) is 32.2. The SMILES string of the molecule is CCN1C(=O)CC(=O)N(CC(F)(F)F)C1=O.CCN=C=O.CCNC(=O)NCC(F)(F)F.CCOC(=O)CC(=O)OCC.CC[O-].NCC(F)(F)F.[Na+]. The summed E-state index contributed by atoms with van der Waals surface area (Å²) in [5.41, 5.74) is 4.18. The minimum absolute atomic E-state index is 0. The molecule has 16 nitrogen and oxygen atoms in total. The number of alkyl halides is 9. The number of amides is 6. The molecule has 1 aliphatic rings. The van der Waals surface area contributed by atoms with Crippen LogP contribution in [0.2, 0.25) is 0 Å². The summed E-state index contributed by atoms with van der Waals surface area (Å²) in [5, 5.41) is 12.7. The molecule has 1 saturated heterocycles. The van der Waals surface area contributed by atoms with Crippen molar-refractivity contribution in [2.45, 2.75) is 72.9 Å². The Kier molecular flexibility index (Phi) is 41.2. The van der Waals surface area contributed by atoms with Gasteiger partial charge in [-0.05, 0) is 34.6 Å². The van der Waals surface area contributed by atoms with Crippen LogP contribution in [-0.2, 0) is 33.4 Å². The Bertz CT molecular complexity index is 1080. The number of barbiturate groups is 1. The van der Waals surface area contributed by atoms with Crippen molar-refractivity contribution >= 4 is 41.9 Å². The molecule has 1 fully saturated rings. The number of imide groups is 2. The molecular formula is C27H44F9N6NaO10. The molecule has 0 spiro atoms. The van der Waals surface area contributed by atoms with E-state index in [0.717, 1.165) is 0 Å². The molecule has 53 heavy (non-hydrogen) atoms. The van der Waals surface area contributed by atoms with Crippen LogP contribution in [0.5, 0.6) is 0 Å². The molecule has 6 amide bonds. The van der Waals surface area contributed by atoms with Crippen molar-refractivity contribution < 1.29 is 117 Å². The van der Waals surface area contributed by atoms with Crippen LogP contribution < -0.4 is 51.0 Å². The third kappa shape index (κ3) is 46.5. The van der Waals surface area contributed by atoms with Gasteiger partial charge in [0.15, 0.2) is 0 Å². The van der Waals surface area contributed by atoms with E-state index in [2.05, 4.69) is 25.5 Å². The first-order valence-corrected chi connectivity index (χ1v) is 14.8. The third-order valence-electron chi connectivity index (χ3n) is 4.16. The second-order valence-electron chi connectivity index (χ2n) is 8.48. The average Bonchev–Trinajstić information content (AvgIpc) is 3.00. The van der Waals surface area contributed by atoms with Crippen LogP contribution in [0.15, 0.2) is 4.99 Å². The first kappa shape index (κ1) is 61.5. The van der Waals surface area contributed by atoms with E-state index in [1.165, 1.54) is 13.0 Å². The number of esters is 2. The molecule has 306 valence electrons. The van der Waals surface area contributed by atoms with Gasteiger partial charge in [0.2, 0.25) is 17.9 Å². The van der Waals surface area contributed by atoms with Crippen LogP contribution in [0.3, 0.4) is 0 Å². The van der Waals surface area contributed by atoms with E-state index in [-0.39, 0.29) is 67.2 Å². The second kappa shape index (κ2) is 35.5. The molecule has 1 aliphatic heterocycles. The molecule has 1 rings (SSSR count). The van der Waals surface area contributed by atoms with Crippen LogP contribution in [0.1, 0.15) is 54.4 Å². The monoisotopic (exact) mass is 806 g/mol. The number of carbonyl (C=O) groups excluding carboxylic acids is 7. The van der Waals surface area contributed by atoms with E-state index in [1.807, 2.05) is 0 Å². The van der Waals surface area contributed by atoms with Gasteiger partial charge in [0.05, 0.1) is 19.8 Å². The number of nitrogens with one attached hydrogen (secondary N) is 2. The number of hydrogen-bond acceptors (Lipinski definition) is 12. The molecule has 4 N–H and O–H groups in total. The molecule has 1 heterocycles. The largest absolute Gasteiger partial charge is 1.00 e. The van der Waals surface area contributed by atoms with Gasteiger partial charge in [0, 0.05) is 19.6 Å². The third-order valence-corrected chi connectivity index (χ3v) is 4.16. The zero-order chi connectivity index (χ0) is 42.1. The molecule has 0 aromatic heterocycles. The van der Waals surface area contributed by atoms with E-state index < -0.39 is 80.4 Å². The van der Waals surface area contributed by atoms with Gasteiger partial charge in [-0.2, -0.15) is 39.5 Å². The summed E-state index contributed by atoms with van der Waals surface area (Å²) < 4.78 is 111. The Morgan fingerprint density at radius 2 is 1.23 bits per heavy atom. The normalized spacial score (nSPS) is 11.9. The number of aliphatic imine (C=N–C) groups is 1. The van der Waals surface area contributed by atoms with Gasteiger partial charge in [-0.1, -0.05) is 6.92 Å². The van der Waals surface area contributed by atoms with Crippen LogP contribution >= 0.6 is 0 Å². The predicted octanol–water partition coefficient (Wildman–Crippen LogP) is -0.660. The Morgan fingerprint density at radius 3 is 1.49 bits per heavy atom.